The Balaban J connectivity index is 2.24. The van der Waals surface area contributed by atoms with Crippen molar-refractivity contribution in [2.24, 2.45) is 0 Å². The van der Waals surface area contributed by atoms with E-state index in [1.54, 1.807) is 7.11 Å². The number of aromatic nitrogens is 1. The first-order valence-corrected chi connectivity index (χ1v) is 7.44. The van der Waals surface area contributed by atoms with Gasteiger partial charge in [0.25, 0.3) is 5.91 Å². The number of carbonyl (C=O) groups is 1. The Morgan fingerprint density at radius 1 is 1.57 bits per heavy atom. The highest BCUT2D eigenvalue weighted by Gasteiger charge is 2.20. The predicted molar refractivity (Wildman–Crippen MR) is 83.6 cm³/mol. The van der Waals surface area contributed by atoms with E-state index in [1.807, 2.05) is 19.1 Å². The molecule has 7 heteroatoms. The quantitative estimate of drug-likeness (QED) is 0.747. The number of rotatable bonds is 6. The third kappa shape index (κ3) is 3.49. The smallest absolute Gasteiger partial charge is 0.263 e. The Morgan fingerprint density at radius 2 is 2.33 bits per heavy atom. The van der Waals surface area contributed by atoms with Gasteiger partial charge in [0.2, 0.25) is 0 Å². The van der Waals surface area contributed by atoms with Crippen molar-refractivity contribution >= 4 is 33.1 Å². The summed E-state index contributed by atoms with van der Waals surface area (Å²) in [4.78, 5) is 17.9. The largest absolute Gasteiger partial charge is 0.397 e. The SMILES string of the molecule is COCC(CCO)NC(=O)c1sc2nc(C)ccc2c1N. The number of carbonyl (C=O) groups excluding carboxylic acids is 1. The van der Waals surface area contributed by atoms with E-state index in [9.17, 15) is 4.79 Å². The Kier molecular flexibility index (Phi) is 5.11. The number of ether oxygens (including phenoxy) is 1. The Morgan fingerprint density at radius 3 is 3.00 bits per heavy atom. The van der Waals surface area contributed by atoms with Crippen LogP contribution in [0.1, 0.15) is 21.8 Å². The number of nitrogen functional groups attached to an aromatic ring is 1. The number of aryl methyl sites for hydroxylation is 1. The third-order valence-electron chi connectivity index (χ3n) is 3.12. The van der Waals surface area contributed by atoms with Crippen LogP contribution in [0.5, 0.6) is 0 Å². The molecule has 2 aromatic rings. The minimum atomic E-state index is -0.261. The molecule has 0 aliphatic rings. The van der Waals surface area contributed by atoms with E-state index < -0.39 is 0 Å². The summed E-state index contributed by atoms with van der Waals surface area (Å²) in [5.41, 5.74) is 7.37. The highest BCUT2D eigenvalue weighted by molar-refractivity contribution is 7.21. The monoisotopic (exact) mass is 309 g/mol. The molecule has 0 saturated carbocycles. The zero-order valence-electron chi connectivity index (χ0n) is 12.0. The average molecular weight is 309 g/mol. The minimum absolute atomic E-state index is 0.0169. The van der Waals surface area contributed by atoms with Gasteiger partial charge < -0.3 is 20.9 Å². The summed E-state index contributed by atoms with van der Waals surface area (Å²) in [6.45, 7) is 2.22. The van der Waals surface area contributed by atoms with Gasteiger partial charge >= 0.3 is 0 Å². The summed E-state index contributed by atoms with van der Waals surface area (Å²) < 4.78 is 5.03. The number of nitrogens with two attached hydrogens (primary N) is 1. The molecule has 0 fully saturated rings. The van der Waals surface area contributed by atoms with Gasteiger partial charge in [-0.2, -0.15) is 0 Å². The fourth-order valence-electron chi connectivity index (χ4n) is 2.06. The van der Waals surface area contributed by atoms with Crippen LogP contribution >= 0.6 is 11.3 Å². The lowest BCUT2D eigenvalue weighted by atomic mass is 10.2. The summed E-state index contributed by atoms with van der Waals surface area (Å²) in [5.74, 6) is -0.261. The van der Waals surface area contributed by atoms with E-state index in [0.29, 0.717) is 23.6 Å². The lowest BCUT2D eigenvalue weighted by Gasteiger charge is -2.16. The van der Waals surface area contributed by atoms with E-state index in [1.165, 1.54) is 11.3 Å². The normalized spacial score (nSPS) is 12.5. The number of hydrogen-bond donors (Lipinski definition) is 3. The number of pyridine rings is 1. The molecule has 6 nitrogen and oxygen atoms in total. The lowest BCUT2D eigenvalue weighted by molar-refractivity contribution is 0.0883. The molecule has 4 N–H and O–H groups in total. The van der Waals surface area contributed by atoms with Gasteiger partial charge in [0, 0.05) is 24.8 Å². The predicted octanol–water partition coefficient (Wildman–Crippen LogP) is 1.31. The third-order valence-corrected chi connectivity index (χ3v) is 4.23. The molecule has 21 heavy (non-hydrogen) atoms. The first kappa shape index (κ1) is 15.7. The van der Waals surface area contributed by atoms with E-state index in [-0.39, 0.29) is 18.6 Å². The number of aliphatic hydroxyl groups is 1. The molecule has 0 aliphatic carbocycles. The highest BCUT2D eigenvalue weighted by Crippen LogP contribution is 2.32. The van der Waals surface area contributed by atoms with Crippen molar-refractivity contribution in [1.82, 2.24) is 10.3 Å². The van der Waals surface area contributed by atoms with Crippen molar-refractivity contribution in [3.63, 3.8) is 0 Å². The molecule has 1 atom stereocenters. The number of amides is 1. The van der Waals surface area contributed by atoms with Gasteiger partial charge in [-0.05, 0) is 25.5 Å². The topological polar surface area (TPSA) is 97.5 Å². The van der Waals surface area contributed by atoms with Gasteiger partial charge in [-0.1, -0.05) is 0 Å². The van der Waals surface area contributed by atoms with Gasteiger partial charge in [-0.3, -0.25) is 4.79 Å². The lowest BCUT2D eigenvalue weighted by Crippen LogP contribution is -2.38. The number of hydrogen-bond acceptors (Lipinski definition) is 6. The second-order valence-electron chi connectivity index (χ2n) is 4.79. The summed E-state index contributed by atoms with van der Waals surface area (Å²) in [6, 6.07) is 3.50. The van der Waals surface area contributed by atoms with E-state index in [4.69, 9.17) is 15.6 Å². The molecule has 0 aromatic carbocycles. The van der Waals surface area contributed by atoms with Crippen LogP contribution in [0, 0.1) is 6.92 Å². The fourth-order valence-corrected chi connectivity index (χ4v) is 3.11. The molecule has 1 unspecified atom stereocenters. The van der Waals surface area contributed by atoms with Crippen molar-refractivity contribution in [2.75, 3.05) is 26.1 Å². The standard InChI is InChI=1S/C14H19N3O3S/c1-8-3-4-10-11(15)12(21-14(10)16-8)13(19)17-9(5-6-18)7-20-2/h3-4,9,18H,5-7,15H2,1-2H3,(H,17,19). The van der Waals surface area contributed by atoms with Crippen molar-refractivity contribution in [3.8, 4) is 0 Å². The van der Waals surface area contributed by atoms with Crippen LogP contribution in [0.3, 0.4) is 0 Å². The van der Waals surface area contributed by atoms with Crippen LogP contribution in [-0.2, 0) is 4.74 Å². The maximum atomic E-state index is 12.3. The van der Waals surface area contributed by atoms with Crippen LogP contribution in [0.2, 0.25) is 0 Å². The van der Waals surface area contributed by atoms with Gasteiger partial charge in [0.1, 0.15) is 9.71 Å². The highest BCUT2D eigenvalue weighted by atomic mass is 32.1. The summed E-state index contributed by atoms with van der Waals surface area (Å²) in [5, 5.41) is 12.6. The first-order chi connectivity index (χ1) is 10.1. The Hall–Kier alpha value is -1.70. The van der Waals surface area contributed by atoms with Gasteiger partial charge in [0.15, 0.2) is 0 Å². The summed E-state index contributed by atoms with van der Waals surface area (Å²) in [6.07, 6.45) is 0.432. The maximum absolute atomic E-state index is 12.3. The van der Waals surface area contributed by atoms with Gasteiger partial charge in [0.05, 0.1) is 18.3 Å². The molecule has 2 rings (SSSR count). The van der Waals surface area contributed by atoms with Crippen molar-refractivity contribution < 1.29 is 14.6 Å². The van der Waals surface area contributed by atoms with Crippen LogP contribution in [0.15, 0.2) is 12.1 Å². The Labute approximate surface area is 126 Å². The van der Waals surface area contributed by atoms with Crippen LogP contribution in [0.4, 0.5) is 5.69 Å². The second-order valence-corrected chi connectivity index (χ2v) is 5.79. The van der Waals surface area contributed by atoms with Crippen molar-refractivity contribution in [3.05, 3.63) is 22.7 Å². The molecule has 0 spiro atoms. The number of methoxy groups -OCH3 is 1. The van der Waals surface area contributed by atoms with Crippen LogP contribution in [-0.4, -0.2) is 42.4 Å². The molecule has 0 saturated heterocycles. The van der Waals surface area contributed by atoms with Gasteiger partial charge in [-0.25, -0.2) is 4.98 Å². The van der Waals surface area contributed by atoms with Crippen molar-refractivity contribution in [1.29, 1.82) is 0 Å². The number of nitrogens with one attached hydrogen (secondary N) is 1. The van der Waals surface area contributed by atoms with Gasteiger partial charge in [-0.15, -0.1) is 11.3 Å². The maximum Gasteiger partial charge on any atom is 0.263 e. The Bertz CT molecular complexity index is 636. The molecule has 2 aromatic heterocycles. The zero-order valence-corrected chi connectivity index (χ0v) is 12.9. The summed E-state index contributed by atoms with van der Waals surface area (Å²) >= 11 is 1.27. The number of anilines is 1. The van der Waals surface area contributed by atoms with E-state index in [2.05, 4.69) is 10.3 Å². The number of nitrogens with zero attached hydrogens (tertiary/aromatic N) is 1. The molecule has 2 heterocycles. The number of thiophene rings is 1. The molecular formula is C14H19N3O3S. The van der Waals surface area contributed by atoms with Crippen LogP contribution < -0.4 is 11.1 Å². The van der Waals surface area contributed by atoms with Crippen LogP contribution in [0.25, 0.3) is 10.2 Å². The molecule has 0 radical (unpaired) electrons. The van der Waals surface area contributed by atoms with Crippen molar-refractivity contribution in [2.45, 2.75) is 19.4 Å². The molecule has 1 amide bonds. The number of fused-ring (bicyclic) bond motifs is 1. The first-order valence-electron chi connectivity index (χ1n) is 6.63. The summed E-state index contributed by atoms with van der Waals surface area (Å²) in [7, 11) is 1.55. The zero-order chi connectivity index (χ0) is 15.4. The number of aliphatic hydroxyl groups excluding tert-OH is 1. The molecule has 114 valence electrons. The fraction of sp³-hybridized carbons (Fsp3) is 0.429. The second kappa shape index (κ2) is 6.84. The van der Waals surface area contributed by atoms with E-state index in [0.717, 1.165) is 15.9 Å². The van der Waals surface area contributed by atoms with E-state index >= 15 is 0 Å². The minimum Gasteiger partial charge on any atom is -0.397 e. The molecular weight excluding hydrogens is 290 g/mol. The molecule has 0 bridgehead atoms. The molecule has 0 aliphatic heterocycles. The average Bonchev–Trinajstić information content (AvgIpc) is 2.76.